The number of carbonyl (C=O) groups excluding carboxylic acids is 1. The Hall–Kier alpha value is -1.42. The molecule has 1 unspecified atom stereocenters. The first-order valence-electron chi connectivity index (χ1n) is 5.06. The number of nitrogens with one attached hydrogen (secondary N) is 1. The number of pyridine rings is 1. The van der Waals surface area contributed by atoms with Crippen molar-refractivity contribution in [2.75, 3.05) is 6.61 Å². The van der Waals surface area contributed by atoms with Crippen molar-refractivity contribution in [2.24, 2.45) is 0 Å². The monoisotopic (exact) mass is 208 g/mol. The van der Waals surface area contributed by atoms with E-state index in [-0.39, 0.29) is 18.6 Å². The molecule has 1 amide bonds. The van der Waals surface area contributed by atoms with Gasteiger partial charge in [-0.25, -0.2) is 0 Å². The summed E-state index contributed by atoms with van der Waals surface area (Å²) in [7, 11) is 0. The topological polar surface area (TPSA) is 62.2 Å². The van der Waals surface area contributed by atoms with Gasteiger partial charge in [-0.15, -0.1) is 0 Å². The van der Waals surface area contributed by atoms with Crippen molar-refractivity contribution in [3.63, 3.8) is 0 Å². The summed E-state index contributed by atoms with van der Waals surface area (Å²) in [6.07, 6.45) is 4.65. The van der Waals surface area contributed by atoms with Crippen LogP contribution in [0.5, 0.6) is 0 Å². The molecule has 2 N–H and O–H groups in total. The van der Waals surface area contributed by atoms with E-state index in [0.717, 1.165) is 6.42 Å². The number of nitrogens with zero attached hydrogens (tertiary/aromatic N) is 1. The SMILES string of the molecule is CC(CCCO)NC(=O)c1cccnc1. The van der Waals surface area contributed by atoms with Gasteiger partial charge in [-0.3, -0.25) is 9.78 Å². The van der Waals surface area contributed by atoms with Crippen molar-refractivity contribution < 1.29 is 9.90 Å². The number of hydrogen-bond acceptors (Lipinski definition) is 3. The molecule has 4 nitrogen and oxygen atoms in total. The fourth-order valence-electron chi connectivity index (χ4n) is 1.27. The number of aliphatic hydroxyl groups excluding tert-OH is 1. The van der Waals surface area contributed by atoms with Gasteiger partial charge in [0.25, 0.3) is 5.91 Å². The second-order valence-corrected chi connectivity index (χ2v) is 3.48. The molecular formula is C11H16N2O2. The van der Waals surface area contributed by atoms with Crippen LogP contribution in [0, 0.1) is 0 Å². The molecule has 0 bridgehead atoms. The molecule has 0 saturated heterocycles. The number of hydrogen-bond donors (Lipinski definition) is 2. The first-order valence-corrected chi connectivity index (χ1v) is 5.06. The van der Waals surface area contributed by atoms with E-state index in [1.165, 1.54) is 6.20 Å². The van der Waals surface area contributed by atoms with Crippen LogP contribution < -0.4 is 5.32 Å². The number of rotatable bonds is 5. The molecular weight excluding hydrogens is 192 g/mol. The van der Waals surface area contributed by atoms with Crippen LogP contribution in [0.2, 0.25) is 0 Å². The van der Waals surface area contributed by atoms with E-state index in [1.54, 1.807) is 18.3 Å². The second-order valence-electron chi connectivity index (χ2n) is 3.48. The molecule has 0 aliphatic rings. The van der Waals surface area contributed by atoms with Gasteiger partial charge in [-0.1, -0.05) is 0 Å². The Labute approximate surface area is 89.3 Å². The lowest BCUT2D eigenvalue weighted by Gasteiger charge is -2.12. The average molecular weight is 208 g/mol. The van der Waals surface area contributed by atoms with Gasteiger partial charge in [0.05, 0.1) is 5.56 Å². The van der Waals surface area contributed by atoms with Crippen molar-refractivity contribution in [2.45, 2.75) is 25.8 Å². The summed E-state index contributed by atoms with van der Waals surface area (Å²) in [5.74, 6) is -0.117. The highest BCUT2D eigenvalue weighted by atomic mass is 16.2. The first kappa shape index (κ1) is 11.7. The molecule has 15 heavy (non-hydrogen) atoms. The largest absolute Gasteiger partial charge is 0.396 e. The number of carbonyl (C=O) groups is 1. The van der Waals surface area contributed by atoms with Crippen molar-refractivity contribution in [1.29, 1.82) is 0 Å². The van der Waals surface area contributed by atoms with Crippen molar-refractivity contribution in [3.05, 3.63) is 30.1 Å². The molecule has 0 aliphatic carbocycles. The first-order chi connectivity index (χ1) is 7.24. The van der Waals surface area contributed by atoms with Crippen molar-refractivity contribution in [3.8, 4) is 0 Å². The smallest absolute Gasteiger partial charge is 0.253 e. The summed E-state index contributed by atoms with van der Waals surface area (Å²) in [6.45, 7) is 2.08. The Morgan fingerprint density at radius 2 is 2.47 bits per heavy atom. The minimum Gasteiger partial charge on any atom is -0.396 e. The highest BCUT2D eigenvalue weighted by molar-refractivity contribution is 5.93. The van der Waals surface area contributed by atoms with Crippen molar-refractivity contribution >= 4 is 5.91 Å². The minimum absolute atomic E-state index is 0.0739. The zero-order valence-corrected chi connectivity index (χ0v) is 8.81. The maximum atomic E-state index is 11.6. The lowest BCUT2D eigenvalue weighted by Crippen LogP contribution is -2.32. The van der Waals surface area contributed by atoms with Crippen LogP contribution in [0.4, 0.5) is 0 Å². The van der Waals surface area contributed by atoms with E-state index < -0.39 is 0 Å². The van der Waals surface area contributed by atoms with Crippen LogP contribution in [0.25, 0.3) is 0 Å². The van der Waals surface area contributed by atoms with Crippen molar-refractivity contribution in [1.82, 2.24) is 10.3 Å². The zero-order chi connectivity index (χ0) is 11.1. The molecule has 0 aromatic carbocycles. The summed E-state index contributed by atoms with van der Waals surface area (Å²) < 4.78 is 0. The van der Waals surface area contributed by atoms with E-state index in [4.69, 9.17) is 5.11 Å². The van der Waals surface area contributed by atoms with Crippen LogP contribution in [0.3, 0.4) is 0 Å². The quantitative estimate of drug-likeness (QED) is 0.758. The van der Waals surface area contributed by atoms with E-state index in [0.29, 0.717) is 12.0 Å². The molecule has 1 aromatic rings. The molecule has 1 atom stereocenters. The molecule has 0 radical (unpaired) electrons. The van der Waals surface area contributed by atoms with Gasteiger partial charge in [0, 0.05) is 25.0 Å². The van der Waals surface area contributed by atoms with E-state index in [9.17, 15) is 4.79 Å². The fraction of sp³-hybridized carbons (Fsp3) is 0.455. The summed E-state index contributed by atoms with van der Waals surface area (Å²) in [5, 5.41) is 11.5. The molecule has 0 saturated carbocycles. The maximum Gasteiger partial charge on any atom is 0.253 e. The third kappa shape index (κ3) is 4.08. The Kier molecular flexibility index (Phi) is 4.77. The van der Waals surface area contributed by atoms with Crippen LogP contribution in [-0.4, -0.2) is 28.6 Å². The third-order valence-corrected chi connectivity index (χ3v) is 2.10. The molecule has 1 rings (SSSR count). The van der Waals surface area contributed by atoms with Gasteiger partial charge in [0.15, 0.2) is 0 Å². The van der Waals surface area contributed by atoms with Crippen LogP contribution in [0.1, 0.15) is 30.1 Å². The van der Waals surface area contributed by atoms with E-state index in [2.05, 4.69) is 10.3 Å². The van der Waals surface area contributed by atoms with Gasteiger partial charge in [0.1, 0.15) is 0 Å². The second kappa shape index (κ2) is 6.14. The predicted molar refractivity (Wildman–Crippen MR) is 57.5 cm³/mol. The molecule has 82 valence electrons. The van der Waals surface area contributed by atoms with Gasteiger partial charge in [-0.05, 0) is 31.9 Å². The molecule has 0 spiro atoms. The standard InChI is InChI=1S/C11H16N2O2/c1-9(4-3-7-14)13-11(15)10-5-2-6-12-8-10/h2,5-6,8-9,14H,3-4,7H2,1H3,(H,13,15). The predicted octanol–water partition coefficient (Wildman–Crippen LogP) is 0.972. The Morgan fingerprint density at radius 1 is 1.67 bits per heavy atom. The van der Waals surface area contributed by atoms with Gasteiger partial charge >= 0.3 is 0 Å². The van der Waals surface area contributed by atoms with Crippen LogP contribution >= 0.6 is 0 Å². The number of amides is 1. The summed E-state index contributed by atoms with van der Waals surface area (Å²) in [4.78, 5) is 15.5. The lowest BCUT2D eigenvalue weighted by atomic mass is 10.1. The highest BCUT2D eigenvalue weighted by Crippen LogP contribution is 1.99. The van der Waals surface area contributed by atoms with Gasteiger partial charge < -0.3 is 10.4 Å². The summed E-state index contributed by atoms with van der Waals surface area (Å²) in [5.41, 5.74) is 0.563. The Morgan fingerprint density at radius 3 is 3.07 bits per heavy atom. The van der Waals surface area contributed by atoms with Crippen LogP contribution in [0.15, 0.2) is 24.5 Å². The molecule has 0 fully saturated rings. The zero-order valence-electron chi connectivity index (χ0n) is 8.81. The van der Waals surface area contributed by atoms with E-state index >= 15 is 0 Å². The lowest BCUT2D eigenvalue weighted by molar-refractivity contribution is 0.0936. The molecule has 4 heteroatoms. The number of aliphatic hydroxyl groups is 1. The maximum absolute atomic E-state index is 11.6. The minimum atomic E-state index is -0.117. The summed E-state index contributed by atoms with van der Waals surface area (Å²) >= 11 is 0. The Bertz CT molecular complexity index is 301. The summed E-state index contributed by atoms with van der Waals surface area (Å²) in [6, 6.07) is 3.53. The third-order valence-electron chi connectivity index (χ3n) is 2.10. The van der Waals surface area contributed by atoms with E-state index in [1.807, 2.05) is 6.92 Å². The molecule has 1 heterocycles. The molecule has 1 aromatic heterocycles. The molecule has 0 aliphatic heterocycles. The highest BCUT2D eigenvalue weighted by Gasteiger charge is 2.08. The fourth-order valence-corrected chi connectivity index (χ4v) is 1.27. The van der Waals surface area contributed by atoms with Gasteiger partial charge in [0.2, 0.25) is 0 Å². The van der Waals surface area contributed by atoms with Crippen LogP contribution in [-0.2, 0) is 0 Å². The average Bonchev–Trinajstić information content (AvgIpc) is 2.27. The Balaban J connectivity index is 2.42. The van der Waals surface area contributed by atoms with Gasteiger partial charge in [-0.2, -0.15) is 0 Å². The number of aromatic nitrogens is 1. The normalized spacial score (nSPS) is 12.1.